The van der Waals surface area contributed by atoms with Crippen molar-refractivity contribution >= 4 is 5.97 Å². The lowest BCUT2D eigenvalue weighted by atomic mass is 10.2. The number of unbranched alkanes of at least 4 members (excludes halogenated alkanes) is 1. The van der Waals surface area contributed by atoms with Crippen LogP contribution in [-0.4, -0.2) is 44.1 Å². The summed E-state index contributed by atoms with van der Waals surface area (Å²) in [6.07, 6.45) is 2.98. The van der Waals surface area contributed by atoms with Gasteiger partial charge in [0.15, 0.2) is 0 Å². The second-order valence-electron chi connectivity index (χ2n) is 4.61. The Bertz CT molecular complexity index is 405. The fourth-order valence-electron chi connectivity index (χ4n) is 1.64. The van der Waals surface area contributed by atoms with Crippen LogP contribution in [0.4, 0.5) is 0 Å². The number of ether oxygens (including phenoxy) is 3. The zero-order valence-corrected chi connectivity index (χ0v) is 12.5. The number of benzene rings is 1. The summed E-state index contributed by atoms with van der Waals surface area (Å²) in [5, 5.41) is 8.87. The van der Waals surface area contributed by atoms with E-state index < -0.39 is 5.97 Å². The van der Waals surface area contributed by atoms with Gasteiger partial charge in [-0.1, -0.05) is 19.4 Å². The fourth-order valence-corrected chi connectivity index (χ4v) is 1.64. The largest absolute Gasteiger partial charge is 0.493 e. The van der Waals surface area contributed by atoms with E-state index in [4.69, 9.17) is 19.3 Å². The number of carboxylic acid groups (broad SMARTS) is 1. The van der Waals surface area contributed by atoms with Crippen molar-refractivity contribution in [2.75, 3.05) is 33.0 Å². The van der Waals surface area contributed by atoms with Crippen molar-refractivity contribution in [2.45, 2.75) is 26.2 Å². The zero-order chi connectivity index (χ0) is 15.3. The topological polar surface area (TPSA) is 65.0 Å². The highest BCUT2D eigenvalue weighted by Crippen LogP contribution is 2.13. The van der Waals surface area contributed by atoms with Gasteiger partial charge in [-0.2, -0.15) is 0 Å². The van der Waals surface area contributed by atoms with Gasteiger partial charge in [0.1, 0.15) is 5.75 Å². The third kappa shape index (κ3) is 8.32. The monoisotopic (exact) mass is 296 g/mol. The zero-order valence-electron chi connectivity index (χ0n) is 12.5. The summed E-state index contributed by atoms with van der Waals surface area (Å²) in [4.78, 5) is 10.8. The lowest BCUT2D eigenvalue weighted by Gasteiger charge is -2.08. The number of rotatable bonds is 12. The van der Waals surface area contributed by atoms with E-state index in [1.54, 1.807) is 12.1 Å². The molecular formula is C16H24O5. The molecule has 0 bridgehead atoms. The van der Waals surface area contributed by atoms with Gasteiger partial charge in [-0.25, -0.2) is 4.79 Å². The molecule has 0 saturated heterocycles. The fraction of sp³-hybridized carbons (Fsp3) is 0.562. The standard InChI is InChI=1S/C16H24O5/c1-2-3-8-19-11-12-20-9-5-10-21-15-7-4-6-14(13-15)16(17)18/h4,6-7,13H,2-3,5,8-12H2,1H3,(H,17,18). The first-order valence-electron chi connectivity index (χ1n) is 7.35. The maximum absolute atomic E-state index is 10.8. The van der Waals surface area contributed by atoms with E-state index in [9.17, 15) is 4.79 Å². The minimum absolute atomic E-state index is 0.230. The molecule has 5 nitrogen and oxygen atoms in total. The number of carboxylic acids is 1. The van der Waals surface area contributed by atoms with Crippen LogP contribution < -0.4 is 4.74 Å². The van der Waals surface area contributed by atoms with Crippen LogP contribution in [0.25, 0.3) is 0 Å². The number of hydrogen-bond donors (Lipinski definition) is 1. The van der Waals surface area contributed by atoms with Crippen LogP contribution in [0.15, 0.2) is 24.3 Å². The van der Waals surface area contributed by atoms with Gasteiger partial charge in [-0.05, 0) is 24.6 Å². The second kappa shape index (κ2) is 11.1. The van der Waals surface area contributed by atoms with Crippen molar-refractivity contribution in [2.24, 2.45) is 0 Å². The van der Waals surface area contributed by atoms with Crippen LogP contribution in [0.1, 0.15) is 36.5 Å². The Hall–Kier alpha value is -1.59. The van der Waals surface area contributed by atoms with Gasteiger partial charge in [0.05, 0.1) is 25.4 Å². The molecule has 0 amide bonds. The highest BCUT2D eigenvalue weighted by Gasteiger charge is 2.03. The van der Waals surface area contributed by atoms with E-state index in [-0.39, 0.29) is 5.56 Å². The van der Waals surface area contributed by atoms with Gasteiger partial charge < -0.3 is 19.3 Å². The molecule has 118 valence electrons. The van der Waals surface area contributed by atoms with Gasteiger partial charge in [-0.15, -0.1) is 0 Å². The highest BCUT2D eigenvalue weighted by atomic mass is 16.5. The third-order valence-corrected chi connectivity index (χ3v) is 2.80. The minimum Gasteiger partial charge on any atom is -0.493 e. The van der Waals surface area contributed by atoms with Crippen molar-refractivity contribution in [3.8, 4) is 5.75 Å². The minimum atomic E-state index is -0.952. The van der Waals surface area contributed by atoms with E-state index in [1.165, 1.54) is 12.1 Å². The molecule has 1 N–H and O–H groups in total. The molecule has 0 spiro atoms. The Morgan fingerprint density at radius 2 is 1.76 bits per heavy atom. The molecule has 1 aromatic carbocycles. The first kappa shape index (κ1) is 17.5. The Balaban J connectivity index is 2.01. The summed E-state index contributed by atoms with van der Waals surface area (Å²) in [6, 6.07) is 6.47. The van der Waals surface area contributed by atoms with E-state index in [2.05, 4.69) is 6.92 Å². The van der Waals surface area contributed by atoms with Crippen LogP contribution in [0.3, 0.4) is 0 Å². The van der Waals surface area contributed by atoms with Gasteiger partial charge in [0, 0.05) is 19.6 Å². The van der Waals surface area contributed by atoms with E-state index in [1.807, 2.05) is 0 Å². The Morgan fingerprint density at radius 1 is 1.05 bits per heavy atom. The molecule has 21 heavy (non-hydrogen) atoms. The second-order valence-corrected chi connectivity index (χ2v) is 4.61. The predicted octanol–water partition coefficient (Wildman–Crippen LogP) is 2.99. The quantitative estimate of drug-likeness (QED) is 0.601. The van der Waals surface area contributed by atoms with Crippen LogP contribution in [0, 0.1) is 0 Å². The molecule has 0 aliphatic carbocycles. The summed E-state index contributed by atoms with van der Waals surface area (Å²) in [5.74, 6) is -0.385. The summed E-state index contributed by atoms with van der Waals surface area (Å²) < 4.78 is 16.3. The molecule has 0 fully saturated rings. The molecular weight excluding hydrogens is 272 g/mol. The SMILES string of the molecule is CCCCOCCOCCCOc1cccc(C(=O)O)c1. The van der Waals surface area contributed by atoms with Crippen LogP contribution in [0.2, 0.25) is 0 Å². The maximum Gasteiger partial charge on any atom is 0.335 e. The van der Waals surface area contributed by atoms with Crippen LogP contribution in [-0.2, 0) is 9.47 Å². The number of aromatic carboxylic acids is 1. The van der Waals surface area contributed by atoms with E-state index >= 15 is 0 Å². The Labute approximate surface area is 125 Å². The average molecular weight is 296 g/mol. The molecule has 0 radical (unpaired) electrons. The van der Waals surface area contributed by atoms with Crippen molar-refractivity contribution in [1.82, 2.24) is 0 Å². The van der Waals surface area contributed by atoms with Crippen molar-refractivity contribution in [3.05, 3.63) is 29.8 Å². The van der Waals surface area contributed by atoms with Gasteiger partial charge in [0.2, 0.25) is 0 Å². The number of hydrogen-bond acceptors (Lipinski definition) is 4. The third-order valence-electron chi connectivity index (χ3n) is 2.80. The molecule has 0 heterocycles. The molecule has 0 unspecified atom stereocenters. The highest BCUT2D eigenvalue weighted by molar-refractivity contribution is 5.87. The normalized spacial score (nSPS) is 10.5. The summed E-state index contributed by atoms with van der Waals surface area (Å²) in [6.45, 7) is 5.25. The molecule has 0 aliphatic rings. The van der Waals surface area contributed by atoms with Crippen molar-refractivity contribution in [3.63, 3.8) is 0 Å². The van der Waals surface area contributed by atoms with Gasteiger partial charge >= 0.3 is 5.97 Å². The van der Waals surface area contributed by atoms with Crippen LogP contribution >= 0.6 is 0 Å². The van der Waals surface area contributed by atoms with Crippen molar-refractivity contribution in [1.29, 1.82) is 0 Å². The molecule has 1 rings (SSSR count). The van der Waals surface area contributed by atoms with Crippen molar-refractivity contribution < 1.29 is 24.1 Å². The molecule has 5 heteroatoms. The molecule has 0 saturated carbocycles. The Morgan fingerprint density at radius 3 is 2.43 bits per heavy atom. The average Bonchev–Trinajstić information content (AvgIpc) is 2.49. The van der Waals surface area contributed by atoms with E-state index in [0.29, 0.717) is 32.2 Å². The maximum atomic E-state index is 10.8. The predicted molar refractivity (Wildman–Crippen MR) is 80.1 cm³/mol. The summed E-state index contributed by atoms with van der Waals surface area (Å²) >= 11 is 0. The van der Waals surface area contributed by atoms with Gasteiger partial charge in [-0.3, -0.25) is 0 Å². The molecule has 0 aromatic heterocycles. The van der Waals surface area contributed by atoms with Gasteiger partial charge in [0.25, 0.3) is 0 Å². The van der Waals surface area contributed by atoms with Crippen LogP contribution in [0.5, 0.6) is 5.75 Å². The summed E-state index contributed by atoms with van der Waals surface area (Å²) in [7, 11) is 0. The first-order valence-corrected chi connectivity index (χ1v) is 7.35. The molecule has 1 aromatic rings. The lowest BCUT2D eigenvalue weighted by Crippen LogP contribution is -2.08. The summed E-state index contributed by atoms with van der Waals surface area (Å²) in [5.41, 5.74) is 0.230. The smallest absolute Gasteiger partial charge is 0.335 e. The van der Waals surface area contributed by atoms with E-state index in [0.717, 1.165) is 25.9 Å². The Kier molecular flexibility index (Phi) is 9.24. The lowest BCUT2D eigenvalue weighted by molar-refractivity contribution is 0.0426. The number of carbonyl (C=O) groups is 1. The first-order chi connectivity index (χ1) is 10.2. The molecule has 0 aliphatic heterocycles. The molecule has 0 atom stereocenters.